The monoisotopic (exact) mass is 160 g/mol. The number of nitriles is 1. The molecule has 1 rings (SSSR count). The molecule has 0 radical (unpaired) electrons. The Morgan fingerprint density at radius 1 is 1.67 bits per heavy atom. The minimum absolute atomic E-state index is 0.233. The van der Waals surface area contributed by atoms with E-state index in [1.54, 1.807) is 12.1 Å². The highest BCUT2D eigenvalue weighted by atomic mass is 16.1. The minimum Gasteiger partial charge on any atom is -0.296 e. The van der Waals surface area contributed by atoms with Crippen molar-refractivity contribution in [2.75, 3.05) is 0 Å². The molecule has 0 aliphatic carbocycles. The molecule has 0 bridgehead atoms. The number of aldehydes is 1. The third-order valence-corrected chi connectivity index (χ3v) is 1.58. The van der Waals surface area contributed by atoms with Gasteiger partial charge in [0, 0.05) is 5.69 Å². The molecule has 3 nitrogen and oxygen atoms in total. The second-order valence-electron chi connectivity index (χ2n) is 2.32. The lowest BCUT2D eigenvalue weighted by atomic mass is 10.2. The van der Waals surface area contributed by atoms with Gasteiger partial charge in [0.15, 0.2) is 6.29 Å². The summed E-state index contributed by atoms with van der Waals surface area (Å²) in [5, 5.41) is 8.56. The SMILES string of the molecule is CCc1ccc(C#N)c(C=O)n1. The molecule has 3 heteroatoms. The molecule has 0 amide bonds. The Morgan fingerprint density at radius 2 is 2.42 bits per heavy atom. The first kappa shape index (κ1) is 8.41. The Morgan fingerprint density at radius 3 is 2.92 bits per heavy atom. The van der Waals surface area contributed by atoms with Crippen LogP contribution in [0.15, 0.2) is 12.1 Å². The lowest BCUT2D eigenvalue weighted by Crippen LogP contribution is -1.96. The number of carbonyl (C=O) groups excluding carboxylic acids is 1. The maximum absolute atomic E-state index is 10.4. The van der Waals surface area contributed by atoms with E-state index in [9.17, 15) is 4.79 Å². The van der Waals surface area contributed by atoms with Gasteiger partial charge in [0.05, 0.1) is 5.56 Å². The van der Waals surface area contributed by atoms with E-state index in [0.717, 1.165) is 12.1 Å². The Hall–Kier alpha value is -1.69. The van der Waals surface area contributed by atoms with E-state index in [4.69, 9.17) is 5.26 Å². The number of hydrogen-bond donors (Lipinski definition) is 0. The molecule has 0 unspecified atom stereocenters. The number of hydrogen-bond acceptors (Lipinski definition) is 3. The maximum Gasteiger partial charge on any atom is 0.169 e. The summed E-state index contributed by atoms with van der Waals surface area (Å²) in [5.74, 6) is 0. The van der Waals surface area contributed by atoms with Crippen molar-refractivity contribution in [2.24, 2.45) is 0 Å². The van der Waals surface area contributed by atoms with Crippen LogP contribution in [0.3, 0.4) is 0 Å². The smallest absolute Gasteiger partial charge is 0.169 e. The summed E-state index contributed by atoms with van der Waals surface area (Å²) < 4.78 is 0. The minimum atomic E-state index is 0.233. The average Bonchev–Trinajstić information content (AvgIpc) is 2.16. The highest BCUT2D eigenvalue weighted by Crippen LogP contribution is 2.04. The summed E-state index contributed by atoms with van der Waals surface area (Å²) >= 11 is 0. The number of rotatable bonds is 2. The first-order valence-electron chi connectivity index (χ1n) is 3.67. The van der Waals surface area contributed by atoms with Gasteiger partial charge in [-0.05, 0) is 18.6 Å². The van der Waals surface area contributed by atoms with Crippen LogP contribution in [0.1, 0.15) is 28.7 Å². The average molecular weight is 160 g/mol. The van der Waals surface area contributed by atoms with Gasteiger partial charge in [-0.25, -0.2) is 4.98 Å². The van der Waals surface area contributed by atoms with Gasteiger partial charge in [-0.2, -0.15) is 5.26 Å². The number of pyridine rings is 1. The largest absolute Gasteiger partial charge is 0.296 e. The third-order valence-electron chi connectivity index (χ3n) is 1.58. The van der Waals surface area contributed by atoms with Gasteiger partial charge in [-0.15, -0.1) is 0 Å². The van der Waals surface area contributed by atoms with Crippen LogP contribution in [0, 0.1) is 11.3 Å². The van der Waals surface area contributed by atoms with Crippen LogP contribution in [0.4, 0.5) is 0 Å². The van der Waals surface area contributed by atoms with Crippen LogP contribution in [0.5, 0.6) is 0 Å². The van der Waals surface area contributed by atoms with Crippen LogP contribution in [0.2, 0.25) is 0 Å². The van der Waals surface area contributed by atoms with E-state index in [0.29, 0.717) is 11.8 Å². The highest BCUT2D eigenvalue weighted by Gasteiger charge is 2.02. The predicted molar refractivity (Wildman–Crippen MR) is 43.7 cm³/mol. The molecule has 60 valence electrons. The summed E-state index contributed by atoms with van der Waals surface area (Å²) in [6.45, 7) is 1.95. The lowest BCUT2D eigenvalue weighted by Gasteiger charge is -1.97. The van der Waals surface area contributed by atoms with Crippen LogP contribution in [0.25, 0.3) is 0 Å². The molecule has 12 heavy (non-hydrogen) atoms. The van der Waals surface area contributed by atoms with Crippen molar-refractivity contribution < 1.29 is 4.79 Å². The van der Waals surface area contributed by atoms with Crippen molar-refractivity contribution in [2.45, 2.75) is 13.3 Å². The molecule has 0 atom stereocenters. The fraction of sp³-hybridized carbons (Fsp3) is 0.222. The van der Waals surface area contributed by atoms with E-state index >= 15 is 0 Å². The number of carbonyl (C=O) groups is 1. The lowest BCUT2D eigenvalue weighted by molar-refractivity contribution is 0.111. The Balaban J connectivity index is 3.21. The predicted octanol–water partition coefficient (Wildman–Crippen LogP) is 1.33. The highest BCUT2D eigenvalue weighted by molar-refractivity contribution is 5.76. The Kier molecular flexibility index (Phi) is 2.54. The second-order valence-corrected chi connectivity index (χ2v) is 2.32. The molecule has 0 aromatic carbocycles. The first-order valence-corrected chi connectivity index (χ1v) is 3.67. The molecule has 0 saturated carbocycles. The molecule has 0 spiro atoms. The maximum atomic E-state index is 10.4. The fourth-order valence-corrected chi connectivity index (χ4v) is 0.898. The summed E-state index contributed by atoms with van der Waals surface area (Å²) in [6, 6.07) is 5.28. The van der Waals surface area contributed by atoms with Crippen LogP contribution >= 0.6 is 0 Å². The van der Waals surface area contributed by atoms with Crippen molar-refractivity contribution in [1.82, 2.24) is 4.98 Å². The molecule has 0 fully saturated rings. The fourth-order valence-electron chi connectivity index (χ4n) is 0.898. The molecular formula is C9H8N2O. The van der Waals surface area contributed by atoms with Gasteiger partial charge in [-0.1, -0.05) is 6.92 Å². The van der Waals surface area contributed by atoms with Gasteiger partial charge in [0.25, 0.3) is 0 Å². The second kappa shape index (κ2) is 3.63. The zero-order valence-electron chi connectivity index (χ0n) is 6.74. The van der Waals surface area contributed by atoms with Gasteiger partial charge in [0.1, 0.15) is 11.8 Å². The summed E-state index contributed by atoms with van der Waals surface area (Å²) in [6.07, 6.45) is 1.38. The number of aryl methyl sites for hydroxylation is 1. The van der Waals surface area contributed by atoms with Crippen LogP contribution in [-0.2, 0) is 6.42 Å². The molecule has 0 aliphatic heterocycles. The van der Waals surface area contributed by atoms with Crippen molar-refractivity contribution in [3.05, 3.63) is 29.1 Å². The molecule has 0 aliphatic rings. The summed E-state index contributed by atoms with van der Waals surface area (Å²) in [4.78, 5) is 14.4. The van der Waals surface area contributed by atoms with Crippen molar-refractivity contribution >= 4 is 6.29 Å². The van der Waals surface area contributed by atoms with E-state index in [-0.39, 0.29) is 5.69 Å². The van der Waals surface area contributed by atoms with Crippen LogP contribution < -0.4 is 0 Å². The Labute approximate surface area is 70.7 Å². The molecule has 0 N–H and O–H groups in total. The summed E-state index contributed by atoms with van der Waals surface area (Å²) in [5.41, 5.74) is 1.40. The number of nitrogens with zero attached hydrogens (tertiary/aromatic N) is 2. The topological polar surface area (TPSA) is 53.8 Å². The van der Waals surface area contributed by atoms with Gasteiger partial charge < -0.3 is 0 Å². The molecule has 1 heterocycles. The molecular weight excluding hydrogens is 152 g/mol. The standard InChI is InChI=1S/C9H8N2O/c1-2-8-4-3-7(5-10)9(6-12)11-8/h3-4,6H,2H2,1H3. The van der Waals surface area contributed by atoms with E-state index in [1.807, 2.05) is 13.0 Å². The summed E-state index contributed by atoms with van der Waals surface area (Å²) in [7, 11) is 0. The zero-order chi connectivity index (χ0) is 8.97. The third kappa shape index (κ3) is 1.48. The van der Waals surface area contributed by atoms with E-state index < -0.39 is 0 Å². The van der Waals surface area contributed by atoms with Crippen molar-refractivity contribution in [3.63, 3.8) is 0 Å². The zero-order valence-corrected chi connectivity index (χ0v) is 6.74. The first-order chi connectivity index (χ1) is 5.81. The van der Waals surface area contributed by atoms with Crippen LogP contribution in [-0.4, -0.2) is 11.3 Å². The quantitative estimate of drug-likeness (QED) is 0.613. The van der Waals surface area contributed by atoms with E-state index in [2.05, 4.69) is 4.98 Å². The van der Waals surface area contributed by atoms with Gasteiger partial charge in [0.2, 0.25) is 0 Å². The normalized spacial score (nSPS) is 9.00. The molecule has 0 saturated heterocycles. The molecule has 1 aromatic rings. The van der Waals surface area contributed by atoms with Gasteiger partial charge >= 0.3 is 0 Å². The Bertz CT molecular complexity index is 339. The number of aromatic nitrogens is 1. The van der Waals surface area contributed by atoms with Crippen molar-refractivity contribution in [1.29, 1.82) is 5.26 Å². The van der Waals surface area contributed by atoms with Crippen molar-refractivity contribution in [3.8, 4) is 6.07 Å². The van der Waals surface area contributed by atoms with Gasteiger partial charge in [-0.3, -0.25) is 4.79 Å². The van der Waals surface area contributed by atoms with E-state index in [1.165, 1.54) is 0 Å². The molecule has 1 aromatic heterocycles.